The Bertz CT molecular complexity index is 515. The molecule has 1 aliphatic carbocycles. The number of hydrogen-bond acceptors (Lipinski definition) is 5. The fraction of sp³-hybridized carbons (Fsp3) is 0.545. The van der Waals surface area contributed by atoms with Crippen LogP contribution in [0.2, 0.25) is 0 Å². The van der Waals surface area contributed by atoms with E-state index in [0.717, 1.165) is 4.90 Å². The third-order valence-electron chi connectivity index (χ3n) is 3.78. The highest BCUT2D eigenvalue weighted by molar-refractivity contribution is 6.02. The average molecular weight is 268 g/mol. The minimum atomic E-state index is -1.24. The van der Waals surface area contributed by atoms with Gasteiger partial charge in [-0.25, -0.2) is 4.79 Å². The molecule has 0 spiro atoms. The van der Waals surface area contributed by atoms with E-state index in [9.17, 15) is 19.5 Å². The van der Waals surface area contributed by atoms with E-state index in [2.05, 4.69) is 0 Å². The van der Waals surface area contributed by atoms with E-state index in [-0.39, 0.29) is 11.7 Å². The third-order valence-corrected chi connectivity index (χ3v) is 3.78. The molecule has 2 amide bonds. The molecule has 1 unspecified atom stereocenters. The van der Waals surface area contributed by atoms with Crippen molar-refractivity contribution in [1.82, 2.24) is 9.80 Å². The smallest absolute Gasteiger partial charge is 0.412 e. The van der Waals surface area contributed by atoms with Gasteiger partial charge in [0.1, 0.15) is 17.8 Å². The van der Waals surface area contributed by atoms with Gasteiger partial charge in [-0.1, -0.05) is 0 Å². The Kier molecular flexibility index (Phi) is 2.33. The SMILES string of the molecule is CC(=O)N1[C@@H]2C(=O)C3[C@H]2C(=CN3C(=O)O)O[C@@H]1CO. The first-order valence-corrected chi connectivity index (χ1v) is 5.80. The van der Waals surface area contributed by atoms with Gasteiger partial charge in [0.05, 0.1) is 12.5 Å². The number of aliphatic hydroxyl groups is 1. The van der Waals surface area contributed by atoms with Gasteiger partial charge in [-0.05, 0) is 0 Å². The van der Waals surface area contributed by atoms with Crippen molar-refractivity contribution >= 4 is 17.8 Å². The quantitative estimate of drug-likeness (QED) is 0.628. The van der Waals surface area contributed by atoms with Gasteiger partial charge in [0.2, 0.25) is 5.91 Å². The molecule has 2 N–H and O–H groups in total. The summed E-state index contributed by atoms with van der Waals surface area (Å²) in [5, 5.41) is 18.3. The molecule has 19 heavy (non-hydrogen) atoms. The van der Waals surface area contributed by atoms with Crippen molar-refractivity contribution in [3.63, 3.8) is 0 Å². The number of aliphatic hydroxyl groups excluding tert-OH is 1. The molecule has 1 saturated carbocycles. The first-order valence-electron chi connectivity index (χ1n) is 5.80. The van der Waals surface area contributed by atoms with Gasteiger partial charge in [-0.2, -0.15) is 0 Å². The Hall–Kier alpha value is -2.09. The molecule has 0 radical (unpaired) electrons. The lowest BCUT2D eigenvalue weighted by Crippen LogP contribution is -2.72. The lowest BCUT2D eigenvalue weighted by atomic mass is 9.71. The minimum Gasteiger partial charge on any atom is -0.470 e. The Morgan fingerprint density at radius 3 is 2.63 bits per heavy atom. The maximum absolute atomic E-state index is 12.1. The minimum absolute atomic E-state index is 0.337. The predicted octanol–water partition coefficient (Wildman–Crippen LogP) is -1.05. The summed E-state index contributed by atoms with van der Waals surface area (Å²) in [4.78, 5) is 36.8. The number of hydrogen-bond donors (Lipinski definition) is 2. The highest BCUT2D eigenvalue weighted by atomic mass is 16.5. The Morgan fingerprint density at radius 2 is 2.11 bits per heavy atom. The first-order chi connectivity index (χ1) is 8.97. The molecule has 102 valence electrons. The van der Waals surface area contributed by atoms with Gasteiger partial charge in [0.15, 0.2) is 12.0 Å². The van der Waals surface area contributed by atoms with E-state index in [0.29, 0.717) is 5.76 Å². The van der Waals surface area contributed by atoms with Gasteiger partial charge >= 0.3 is 6.09 Å². The zero-order valence-corrected chi connectivity index (χ0v) is 10.0. The molecule has 0 aromatic carbocycles. The third kappa shape index (κ3) is 1.34. The maximum Gasteiger partial charge on any atom is 0.412 e. The molecule has 2 heterocycles. The summed E-state index contributed by atoms with van der Waals surface area (Å²) in [5.41, 5.74) is 0. The monoisotopic (exact) mass is 268 g/mol. The van der Waals surface area contributed by atoms with E-state index in [4.69, 9.17) is 9.84 Å². The van der Waals surface area contributed by atoms with Crippen LogP contribution in [0.1, 0.15) is 6.92 Å². The molecule has 0 aromatic rings. The van der Waals surface area contributed by atoms with E-state index in [1.165, 1.54) is 18.0 Å². The van der Waals surface area contributed by atoms with E-state index >= 15 is 0 Å². The first kappa shape index (κ1) is 12.0. The standard InChI is InChI=1S/C11H12N2O6/c1-4(15)13-6(3-14)19-5-2-12(11(17)18)8-7(5)9(13)10(8)16/h2,6-9,14H,3H2,1H3,(H,17,18)/t6-,7-,8?,9+/m1/s1. The van der Waals surface area contributed by atoms with Crippen LogP contribution in [-0.4, -0.2) is 62.7 Å². The molecule has 0 aromatic heterocycles. The fourth-order valence-electron chi connectivity index (χ4n) is 3.02. The predicted molar refractivity (Wildman–Crippen MR) is 58.5 cm³/mol. The van der Waals surface area contributed by atoms with Crippen molar-refractivity contribution in [1.29, 1.82) is 0 Å². The number of Topliss-reactive ketones (excluding diaryl/α,β-unsaturated/α-hetero) is 1. The van der Waals surface area contributed by atoms with Crippen LogP contribution >= 0.6 is 0 Å². The van der Waals surface area contributed by atoms with Gasteiger partial charge in [-0.3, -0.25) is 19.4 Å². The molecule has 8 nitrogen and oxygen atoms in total. The van der Waals surface area contributed by atoms with Gasteiger partial charge in [0, 0.05) is 13.1 Å². The molecule has 2 aliphatic heterocycles. The number of nitrogens with zero attached hydrogens (tertiary/aromatic N) is 2. The van der Waals surface area contributed by atoms with Crippen LogP contribution in [0.4, 0.5) is 4.79 Å². The van der Waals surface area contributed by atoms with Crippen molar-refractivity contribution in [3.05, 3.63) is 12.0 Å². The highest BCUT2D eigenvalue weighted by Gasteiger charge is 2.65. The largest absolute Gasteiger partial charge is 0.470 e. The maximum atomic E-state index is 12.1. The summed E-state index contributed by atoms with van der Waals surface area (Å²) in [6.45, 7) is 0.830. The second-order valence-corrected chi connectivity index (χ2v) is 4.72. The second-order valence-electron chi connectivity index (χ2n) is 4.72. The Morgan fingerprint density at radius 1 is 1.42 bits per heavy atom. The number of rotatable bonds is 1. The van der Waals surface area contributed by atoms with E-state index in [1.807, 2.05) is 0 Å². The number of ketones is 1. The zero-order chi connectivity index (χ0) is 13.9. The summed E-state index contributed by atoms with van der Waals surface area (Å²) in [5.74, 6) is -0.830. The molecular formula is C11H12N2O6. The van der Waals surface area contributed by atoms with Gasteiger partial charge in [-0.15, -0.1) is 0 Å². The molecule has 3 rings (SSSR count). The molecule has 2 fully saturated rings. The molecule has 1 saturated heterocycles. The van der Waals surface area contributed by atoms with Crippen LogP contribution in [0.5, 0.6) is 0 Å². The second kappa shape index (κ2) is 3.70. The molecule has 3 aliphatic rings. The van der Waals surface area contributed by atoms with Crippen molar-refractivity contribution in [3.8, 4) is 0 Å². The molecular weight excluding hydrogens is 256 g/mol. The Balaban J connectivity index is 1.98. The lowest BCUT2D eigenvalue weighted by Gasteiger charge is -2.52. The van der Waals surface area contributed by atoms with Crippen LogP contribution in [-0.2, 0) is 14.3 Å². The lowest BCUT2D eigenvalue weighted by molar-refractivity contribution is -0.185. The van der Waals surface area contributed by atoms with Crippen LogP contribution in [0, 0.1) is 5.92 Å². The average Bonchev–Trinajstić information content (AvgIpc) is 2.72. The summed E-state index contributed by atoms with van der Waals surface area (Å²) in [6, 6.07) is -1.54. The van der Waals surface area contributed by atoms with Crippen LogP contribution < -0.4 is 0 Å². The number of carbonyl (C=O) groups excluding carboxylic acids is 2. The molecule has 8 heteroatoms. The number of carbonyl (C=O) groups is 3. The van der Waals surface area contributed by atoms with Crippen LogP contribution in [0.25, 0.3) is 0 Å². The van der Waals surface area contributed by atoms with Crippen molar-refractivity contribution < 1.29 is 29.3 Å². The van der Waals surface area contributed by atoms with Crippen LogP contribution in [0.3, 0.4) is 0 Å². The topological polar surface area (TPSA) is 107 Å². The van der Waals surface area contributed by atoms with E-state index < -0.39 is 36.9 Å². The molecule has 0 bridgehead atoms. The van der Waals surface area contributed by atoms with Crippen molar-refractivity contribution in [2.45, 2.75) is 25.2 Å². The van der Waals surface area contributed by atoms with E-state index in [1.54, 1.807) is 0 Å². The zero-order valence-electron chi connectivity index (χ0n) is 10.0. The van der Waals surface area contributed by atoms with Gasteiger partial charge in [0.25, 0.3) is 0 Å². The Labute approximate surface area is 107 Å². The van der Waals surface area contributed by atoms with Gasteiger partial charge < -0.3 is 14.9 Å². The summed E-state index contributed by atoms with van der Waals surface area (Å²) in [7, 11) is 0. The summed E-state index contributed by atoms with van der Waals surface area (Å²) >= 11 is 0. The normalized spacial score (nSPS) is 35.3. The number of ether oxygens (including phenoxy) is 1. The van der Waals surface area contributed by atoms with Crippen LogP contribution in [0.15, 0.2) is 12.0 Å². The van der Waals surface area contributed by atoms with Crippen molar-refractivity contribution in [2.24, 2.45) is 5.92 Å². The van der Waals surface area contributed by atoms with Crippen molar-refractivity contribution in [2.75, 3.05) is 6.61 Å². The number of carboxylic acid groups (broad SMARTS) is 1. The fourth-order valence-corrected chi connectivity index (χ4v) is 3.02. The summed E-state index contributed by atoms with van der Waals surface area (Å²) in [6.07, 6.45) is -0.920. The highest BCUT2D eigenvalue weighted by Crippen LogP contribution is 2.48. The molecule has 4 atom stereocenters. The number of amides is 2. The summed E-state index contributed by atoms with van der Waals surface area (Å²) < 4.78 is 5.42.